The van der Waals surface area contributed by atoms with E-state index in [-0.39, 0.29) is 11.6 Å². The van der Waals surface area contributed by atoms with Gasteiger partial charge in [0.1, 0.15) is 0 Å². The number of rotatable bonds is 5. The monoisotopic (exact) mass is 645 g/mol. The van der Waals surface area contributed by atoms with Crippen LogP contribution in [0.25, 0.3) is 0 Å². The standard InChI is InChI=1S/5C7H6O2.H3N.H2O/c5*8-7(9)6-4-2-1-3-5-6;;/h5*1-5H,(H,8,9);1H3;1H2. The van der Waals surface area contributed by atoms with Gasteiger partial charge in [-0.3, -0.25) is 0 Å². The lowest BCUT2D eigenvalue weighted by atomic mass is 10.2. The van der Waals surface area contributed by atoms with Crippen molar-refractivity contribution in [3.05, 3.63) is 179 Å². The fourth-order valence-electron chi connectivity index (χ4n) is 2.90. The topological polar surface area (TPSA) is 253 Å². The molecule has 47 heavy (non-hydrogen) atoms. The fraction of sp³-hybridized carbons (Fsp3) is 0. The summed E-state index contributed by atoms with van der Waals surface area (Å²) >= 11 is 0. The van der Waals surface area contributed by atoms with Gasteiger partial charge < -0.3 is 37.2 Å². The third-order valence-electron chi connectivity index (χ3n) is 5.10. The molecule has 5 aromatic rings. The van der Waals surface area contributed by atoms with E-state index in [0.717, 1.165) is 0 Å². The molecule has 0 aliphatic carbocycles. The Balaban J connectivity index is 0. The molecule has 0 atom stereocenters. The Morgan fingerprint density at radius 1 is 0.277 bits per heavy atom. The molecule has 246 valence electrons. The van der Waals surface area contributed by atoms with E-state index in [9.17, 15) is 24.0 Å². The van der Waals surface area contributed by atoms with E-state index in [2.05, 4.69) is 0 Å². The summed E-state index contributed by atoms with van der Waals surface area (Å²) < 4.78 is 0. The molecule has 0 aliphatic heterocycles. The molecule has 0 radical (unpaired) electrons. The molecule has 5 aromatic carbocycles. The van der Waals surface area contributed by atoms with Gasteiger partial charge in [-0.05, 0) is 60.7 Å². The summed E-state index contributed by atoms with van der Waals surface area (Å²) in [7, 11) is 0. The maximum absolute atomic E-state index is 10.2. The van der Waals surface area contributed by atoms with E-state index in [1.54, 1.807) is 152 Å². The van der Waals surface area contributed by atoms with Crippen molar-refractivity contribution in [3.63, 3.8) is 0 Å². The smallest absolute Gasteiger partial charge is 0.335 e. The zero-order valence-electron chi connectivity index (χ0n) is 24.9. The first-order valence-electron chi connectivity index (χ1n) is 12.9. The lowest BCUT2D eigenvalue weighted by molar-refractivity contribution is 0.0686. The average Bonchev–Trinajstić information content (AvgIpc) is 3.08. The Morgan fingerprint density at radius 2 is 0.383 bits per heavy atom. The lowest BCUT2D eigenvalue weighted by Crippen LogP contribution is -1.93. The Morgan fingerprint density at radius 3 is 0.447 bits per heavy atom. The van der Waals surface area contributed by atoms with E-state index >= 15 is 0 Å². The summed E-state index contributed by atoms with van der Waals surface area (Å²) in [5.74, 6) is -4.40. The van der Waals surface area contributed by atoms with E-state index in [4.69, 9.17) is 25.5 Å². The maximum Gasteiger partial charge on any atom is 0.335 e. The van der Waals surface area contributed by atoms with E-state index in [1.807, 2.05) is 0 Å². The van der Waals surface area contributed by atoms with Crippen LogP contribution in [-0.2, 0) is 0 Å². The van der Waals surface area contributed by atoms with Gasteiger partial charge in [0.2, 0.25) is 0 Å². The van der Waals surface area contributed by atoms with Gasteiger partial charge in [-0.15, -0.1) is 0 Å². The van der Waals surface area contributed by atoms with Crippen molar-refractivity contribution in [2.24, 2.45) is 0 Å². The largest absolute Gasteiger partial charge is 0.478 e. The van der Waals surface area contributed by atoms with Crippen molar-refractivity contribution in [1.29, 1.82) is 0 Å². The average molecular weight is 646 g/mol. The van der Waals surface area contributed by atoms with Gasteiger partial charge in [0, 0.05) is 0 Å². The Bertz CT molecular complexity index is 1310. The number of aromatic carboxylic acids is 5. The van der Waals surface area contributed by atoms with Crippen LogP contribution in [0.3, 0.4) is 0 Å². The first-order chi connectivity index (χ1) is 21.5. The van der Waals surface area contributed by atoms with Crippen LogP contribution in [0.5, 0.6) is 0 Å². The molecular weight excluding hydrogens is 610 g/mol. The zero-order valence-corrected chi connectivity index (χ0v) is 24.9. The van der Waals surface area contributed by atoms with Crippen molar-refractivity contribution >= 4 is 29.8 Å². The number of carboxylic acids is 5. The van der Waals surface area contributed by atoms with E-state index in [0.29, 0.717) is 27.8 Å². The van der Waals surface area contributed by atoms with Gasteiger partial charge in [-0.2, -0.15) is 0 Å². The minimum Gasteiger partial charge on any atom is -0.478 e. The van der Waals surface area contributed by atoms with Gasteiger partial charge >= 0.3 is 29.8 Å². The lowest BCUT2D eigenvalue weighted by Gasteiger charge is -1.88. The van der Waals surface area contributed by atoms with Crippen molar-refractivity contribution in [2.75, 3.05) is 0 Å². The highest BCUT2D eigenvalue weighted by Crippen LogP contribution is 1.99. The van der Waals surface area contributed by atoms with Crippen LogP contribution >= 0.6 is 0 Å². The predicted molar refractivity (Wildman–Crippen MR) is 176 cm³/mol. The van der Waals surface area contributed by atoms with Crippen molar-refractivity contribution < 1.29 is 55.0 Å². The van der Waals surface area contributed by atoms with Gasteiger partial charge in [0.15, 0.2) is 0 Å². The summed E-state index contributed by atoms with van der Waals surface area (Å²) in [4.78, 5) is 51.0. The Hall–Kier alpha value is -6.63. The van der Waals surface area contributed by atoms with Gasteiger partial charge in [-0.25, -0.2) is 24.0 Å². The zero-order chi connectivity index (χ0) is 33.5. The summed E-state index contributed by atoms with van der Waals surface area (Å²) in [6.45, 7) is 0. The quantitative estimate of drug-likeness (QED) is 0.124. The molecule has 0 heterocycles. The molecule has 5 rings (SSSR count). The van der Waals surface area contributed by atoms with Gasteiger partial charge in [-0.1, -0.05) is 91.0 Å². The third-order valence-corrected chi connectivity index (χ3v) is 5.10. The third kappa shape index (κ3) is 19.3. The number of carboxylic acid groups (broad SMARTS) is 5. The number of hydrogen-bond acceptors (Lipinski definition) is 6. The van der Waals surface area contributed by atoms with Crippen LogP contribution in [0, 0.1) is 0 Å². The molecule has 0 aliphatic rings. The van der Waals surface area contributed by atoms with Crippen molar-refractivity contribution in [1.82, 2.24) is 6.15 Å². The van der Waals surface area contributed by atoms with Crippen LogP contribution in [-0.4, -0.2) is 60.9 Å². The highest BCUT2D eigenvalue weighted by Gasteiger charge is 1.99. The highest BCUT2D eigenvalue weighted by molar-refractivity contribution is 5.89. The second kappa shape index (κ2) is 24.8. The summed E-state index contributed by atoms with van der Waals surface area (Å²) in [6.07, 6.45) is 0. The van der Waals surface area contributed by atoms with E-state index in [1.165, 1.54) is 0 Å². The number of hydrogen-bond donors (Lipinski definition) is 6. The SMILES string of the molecule is N.O.O=C(O)c1ccccc1.O=C(O)c1ccccc1.O=C(O)c1ccccc1.O=C(O)c1ccccc1.O=C(O)c1ccccc1. The van der Waals surface area contributed by atoms with Crippen LogP contribution < -0.4 is 6.15 Å². The molecule has 0 saturated heterocycles. The number of benzene rings is 5. The fourth-order valence-corrected chi connectivity index (χ4v) is 2.90. The van der Waals surface area contributed by atoms with Crippen LogP contribution in [0.4, 0.5) is 0 Å². The molecule has 0 saturated carbocycles. The van der Waals surface area contributed by atoms with Gasteiger partial charge in [0.05, 0.1) is 27.8 Å². The van der Waals surface area contributed by atoms with Crippen molar-refractivity contribution in [3.8, 4) is 0 Å². The molecule has 0 spiro atoms. The minimum absolute atomic E-state index is 0. The normalized spacial score (nSPS) is 8.51. The summed E-state index contributed by atoms with van der Waals surface area (Å²) in [6, 6.07) is 41.5. The highest BCUT2D eigenvalue weighted by atomic mass is 16.4. The molecule has 12 nitrogen and oxygen atoms in total. The molecule has 0 fully saturated rings. The minimum atomic E-state index is -0.879. The van der Waals surface area contributed by atoms with Crippen LogP contribution in [0.2, 0.25) is 0 Å². The predicted octanol–water partition coefficient (Wildman–Crippen LogP) is 6.26. The second-order valence-electron chi connectivity index (χ2n) is 8.36. The van der Waals surface area contributed by atoms with Crippen LogP contribution in [0.1, 0.15) is 51.8 Å². The van der Waals surface area contributed by atoms with Gasteiger partial charge in [0.25, 0.3) is 0 Å². The first kappa shape index (κ1) is 42.5. The molecule has 12 heteroatoms. The molecule has 0 aromatic heterocycles. The Kier molecular flexibility index (Phi) is 22.4. The van der Waals surface area contributed by atoms with Crippen molar-refractivity contribution in [2.45, 2.75) is 0 Å². The Labute approximate surface area is 270 Å². The molecular formula is C35H35NO11. The second-order valence-corrected chi connectivity index (χ2v) is 8.36. The summed E-state index contributed by atoms with van der Waals surface area (Å²) in [5.41, 5.74) is 1.66. The molecule has 0 unspecified atom stereocenters. The first-order valence-corrected chi connectivity index (χ1v) is 12.9. The molecule has 0 amide bonds. The molecule has 10 N–H and O–H groups in total. The van der Waals surface area contributed by atoms with Crippen LogP contribution in [0.15, 0.2) is 152 Å². The summed E-state index contributed by atoms with van der Waals surface area (Å²) in [5, 5.41) is 41.9. The molecule has 0 bridgehead atoms. The van der Waals surface area contributed by atoms with E-state index < -0.39 is 29.8 Å². The maximum atomic E-state index is 10.2. The number of carbonyl (C=O) groups is 5.